The molecule has 1 aromatic rings. The summed E-state index contributed by atoms with van der Waals surface area (Å²) in [6.45, 7) is 3.50. The summed E-state index contributed by atoms with van der Waals surface area (Å²) in [6.07, 6.45) is 5.96. The van der Waals surface area contributed by atoms with Crippen LogP contribution in [-0.2, 0) is 16.0 Å². The molecule has 5 nitrogen and oxygen atoms in total. The molecule has 2 fully saturated rings. The van der Waals surface area contributed by atoms with Gasteiger partial charge in [-0.15, -0.1) is 11.3 Å². The van der Waals surface area contributed by atoms with Crippen LogP contribution in [0.15, 0.2) is 0 Å². The number of carbonyl (C=O) groups excluding carboxylic acids is 2. The topological polar surface area (TPSA) is 53.5 Å². The second-order valence-corrected chi connectivity index (χ2v) is 8.78. The molecule has 130 valence electrons. The van der Waals surface area contributed by atoms with Gasteiger partial charge < -0.3 is 9.80 Å². The van der Waals surface area contributed by atoms with Gasteiger partial charge >= 0.3 is 0 Å². The number of thiazole rings is 1. The van der Waals surface area contributed by atoms with E-state index in [1.54, 1.807) is 11.3 Å². The highest BCUT2D eigenvalue weighted by Crippen LogP contribution is 2.38. The third-order valence-corrected chi connectivity index (χ3v) is 6.70. The van der Waals surface area contributed by atoms with Gasteiger partial charge in [0, 0.05) is 26.6 Å². The highest BCUT2D eigenvalue weighted by molar-refractivity contribution is 7.11. The number of amides is 2. The third kappa shape index (κ3) is 2.96. The molecule has 4 rings (SSSR count). The fourth-order valence-electron chi connectivity index (χ4n) is 4.06. The van der Waals surface area contributed by atoms with Crippen LogP contribution >= 0.6 is 11.3 Å². The van der Waals surface area contributed by atoms with E-state index in [0.717, 1.165) is 30.8 Å². The standard InChI is InChI=1S/C18H25N3O2S/c1-11-19-14-4-3-5-15(17(14)24-11)20(2)18(23)13-8-16(22)21(10-13)9-12-6-7-12/h12-13,15H,3-10H2,1-2H3. The summed E-state index contributed by atoms with van der Waals surface area (Å²) in [5.41, 5.74) is 1.17. The summed E-state index contributed by atoms with van der Waals surface area (Å²) >= 11 is 1.72. The molecule has 0 N–H and O–H groups in total. The van der Waals surface area contributed by atoms with E-state index in [9.17, 15) is 9.59 Å². The lowest BCUT2D eigenvalue weighted by Gasteiger charge is -2.32. The maximum Gasteiger partial charge on any atom is 0.228 e. The van der Waals surface area contributed by atoms with E-state index >= 15 is 0 Å². The van der Waals surface area contributed by atoms with Crippen LogP contribution in [0.5, 0.6) is 0 Å². The van der Waals surface area contributed by atoms with Gasteiger partial charge in [-0.3, -0.25) is 9.59 Å². The first kappa shape index (κ1) is 16.1. The molecule has 1 saturated carbocycles. The van der Waals surface area contributed by atoms with Crippen molar-refractivity contribution >= 4 is 23.2 Å². The SMILES string of the molecule is Cc1nc2c(s1)C(N(C)C(=O)C1CC(=O)N(CC3CC3)C1)CCC2. The summed E-state index contributed by atoms with van der Waals surface area (Å²) < 4.78 is 0. The van der Waals surface area contributed by atoms with Crippen molar-refractivity contribution in [1.29, 1.82) is 0 Å². The quantitative estimate of drug-likeness (QED) is 0.841. The normalized spacial score (nSPS) is 26.6. The van der Waals surface area contributed by atoms with Gasteiger partial charge in [-0.2, -0.15) is 0 Å². The molecule has 24 heavy (non-hydrogen) atoms. The lowest BCUT2D eigenvalue weighted by atomic mass is 9.95. The Morgan fingerprint density at radius 2 is 2.17 bits per heavy atom. The molecule has 2 atom stereocenters. The zero-order valence-electron chi connectivity index (χ0n) is 14.5. The maximum absolute atomic E-state index is 13.0. The fourth-order valence-corrected chi connectivity index (χ4v) is 5.21. The van der Waals surface area contributed by atoms with Gasteiger partial charge in [0.05, 0.1) is 27.5 Å². The van der Waals surface area contributed by atoms with Crippen LogP contribution in [0.25, 0.3) is 0 Å². The van der Waals surface area contributed by atoms with Crippen LogP contribution in [0, 0.1) is 18.8 Å². The highest BCUT2D eigenvalue weighted by atomic mass is 32.1. The van der Waals surface area contributed by atoms with Crippen LogP contribution in [0.4, 0.5) is 0 Å². The molecular formula is C18H25N3O2S. The molecule has 2 heterocycles. The van der Waals surface area contributed by atoms with E-state index in [-0.39, 0.29) is 23.8 Å². The van der Waals surface area contributed by atoms with E-state index in [4.69, 9.17) is 0 Å². The molecule has 0 bridgehead atoms. The van der Waals surface area contributed by atoms with E-state index < -0.39 is 0 Å². The molecule has 2 amide bonds. The minimum Gasteiger partial charge on any atom is -0.342 e. The number of fused-ring (bicyclic) bond motifs is 1. The molecule has 2 aliphatic carbocycles. The Labute approximate surface area is 147 Å². The van der Waals surface area contributed by atoms with Crippen LogP contribution in [-0.4, -0.2) is 46.7 Å². The Hall–Kier alpha value is -1.43. The molecule has 2 unspecified atom stereocenters. The largest absolute Gasteiger partial charge is 0.342 e. The Balaban J connectivity index is 1.45. The number of hydrogen-bond acceptors (Lipinski definition) is 4. The summed E-state index contributed by atoms with van der Waals surface area (Å²) in [5.74, 6) is 0.805. The minimum absolute atomic E-state index is 0.130. The van der Waals surface area contributed by atoms with Crippen LogP contribution in [0.1, 0.15) is 53.7 Å². The molecule has 1 saturated heterocycles. The van der Waals surface area contributed by atoms with E-state index in [0.29, 0.717) is 18.9 Å². The van der Waals surface area contributed by atoms with Crippen molar-refractivity contribution in [2.75, 3.05) is 20.1 Å². The molecular weight excluding hydrogens is 322 g/mol. The fraction of sp³-hybridized carbons (Fsp3) is 0.722. The average Bonchev–Trinajstić information content (AvgIpc) is 3.18. The summed E-state index contributed by atoms with van der Waals surface area (Å²) in [6, 6.07) is 0.139. The first-order valence-corrected chi connectivity index (χ1v) is 9.85. The van der Waals surface area contributed by atoms with Crippen molar-refractivity contribution in [2.45, 2.75) is 51.5 Å². The number of likely N-dealkylation sites (tertiary alicyclic amines) is 1. The van der Waals surface area contributed by atoms with Gasteiger partial charge in [0.15, 0.2) is 0 Å². The highest BCUT2D eigenvalue weighted by Gasteiger charge is 2.40. The van der Waals surface area contributed by atoms with Crippen LogP contribution < -0.4 is 0 Å². The second-order valence-electron chi connectivity index (χ2n) is 7.54. The summed E-state index contributed by atoms with van der Waals surface area (Å²) in [7, 11) is 1.91. The summed E-state index contributed by atoms with van der Waals surface area (Å²) in [4.78, 5) is 34.9. The number of nitrogens with zero attached hydrogens (tertiary/aromatic N) is 3. The predicted octanol–water partition coefficient (Wildman–Crippen LogP) is 2.55. The molecule has 1 aromatic heterocycles. The molecule has 0 aromatic carbocycles. The maximum atomic E-state index is 13.0. The number of aryl methyl sites for hydroxylation is 2. The van der Waals surface area contributed by atoms with Crippen molar-refractivity contribution in [3.05, 3.63) is 15.6 Å². The first-order chi connectivity index (χ1) is 11.5. The zero-order valence-corrected chi connectivity index (χ0v) is 15.3. The molecule has 0 spiro atoms. The number of rotatable bonds is 4. The minimum atomic E-state index is -0.166. The van der Waals surface area contributed by atoms with Crippen molar-refractivity contribution in [1.82, 2.24) is 14.8 Å². The van der Waals surface area contributed by atoms with Crippen molar-refractivity contribution in [2.24, 2.45) is 11.8 Å². The first-order valence-electron chi connectivity index (χ1n) is 9.03. The monoisotopic (exact) mass is 347 g/mol. The predicted molar refractivity (Wildman–Crippen MR) is 92.7 cm³/mol. The second kappa shape index (κ2) is 6.14. The number of carbonyl (C=O) groups is 2. The van der Waals surface area contributed by atoms with Crippen molar-refractivity contribution < 1.29 is 9.59 Å². The van der Waals surface area contributed by atoms with E-state index in [1.807, 2.05) is 23.8 Å². The van der Waals surface area contributed by atoms with Gasteiger partial charge in [0.2, 0.25) is 11.8 Å². The van der Waals surface area contributed by atoms with Crippen LogP contribution in [0.3, 0.4) is 0 Å². The molecule has 1 aliphatic heterocycles. The Bertz CT molecular complexity index is 667. The third-order valence-electron chi connectivity index (χ3n) is 5.58. The van der Waals surface area contributed by atoms with Gasteiger partial charge in [-0.05, 0) is 44.9 Å². The van der Waals surface area contributed by atoms with Crippen LogP contribution in [0.2, 0.25) is 0 Å². The van der Waals surface area contributed by atoms with Gasteiger partial charge in [0.1, 0.15) is 0 Å². The van der Waals surface area contributed by atoms with E-state index in [1.165, 1.54) is 23.4 Å². The molecule has 3 aliphatic rings. The number of aromatic nitrogens is 1. The lowest BCUT2D eigenvalue weighted by Crippen LogP contribution is -2.38. The van der Waals surface area contributed by atoms with Gasteiger partial charge in [0.25, 0.3) is 0 Å². The smallest absolute Gasteiger partial charge is 0.228 e. The molecule has 0 radical (unpaired) electrons. The molecule has 6 heteroatoms. The summed E-state index contributed by atoms with van der Waals surface area (Å²) in [5, 5.41) is 1.08. The Morgan fingerprint density at radius 3 is 2.92 bits per heavy atom. The van der Waals surface area contributed by atoms with Gasteiger partial charge in [-0.25, -0.2) is 4.98 Å². The van der Waals surface area contributed by atoms with Crippen molar-refractivity contribution in [3.8, 4) is 0 Å². The number of hydrogen-bond donors (Lipinski definition) is 0. The van der Waals surface area contributed by atoms with E-state index in [2.05, 4.69) is 4.98 Å². The van der Waals surface area contributed by atoms with Crippen molar-refractivity contribution in [3.63, 3.8) is 0 Å². The Morgan fingerprint density at radius 1 is 1.38 bits per heavy atom. The zero-order chi connectivity index (χ0) is 16.8. The van der Waals surface area contributed by atoms with Gasteiger partial charge in [-0.1, -0.05) is 0 Å². The lowest BCUT2D eigenvalue weighted by molar-refractivity contribution is -0.137. The Kier molecular flexibility index (Phi) is 4.11. The average molecular weight is 347 g/mol.